The molecule has 0 fully saturated rings. The van der Waals surface area contributed by atoms with E-state index in [2.05, 4.69) is 24.4 Å². The van der Waals surface area contributed by atoms with E-state index < -0.39 is 0 Å². The maximum Gasteiger partial charge on any atom is 0.119 e. The Morgan fingerprint density at radius 3 is 2.46 bits per heavy atom. The predicted octanol–water partition coefficient (Wildman–Crippen LogP) is 5.87. The van der Waals surface area contributed by atoms with Crippen LogP contribution in [-0.2, 0) is 17.9 Å². The Kier molecular flexibility index (Phi) is 9.86. The monoisotopic (exact) mass is 395 g/mol. The lowest BCUT2D eigenvalue weighted by Crippen LogP contribution is -2.16. The fourth-order valence-corrected chi connectivity index (χ4v) is 2.85. The molecular weight excluding hydrogens is 369 g/mol. The van der Waals surface area contributed by atoms with Gasteiger partial charge in [-0.15, -0.1) is 0 Å². The van der Waals surface area contributed by atoms with Gasteiger partial charge in [-0.25, -0.2) is 0 Å². The lowest BCUT2D eigenvalue weighted by atomic mass is 10.2. The van der Waals surface area contributed by atoms with Crippen LogP contribution in [0, 0.1) is 0 Å². The molecule has 0 heterocycles. The zero-order valence-corrected chi connectivity index (χ0v) is 16.8. The van der Waals surface area contributed by atoms with E-state index in [1.807, 2.05) is 24.3 Å². The normalized spacial score (nSPS) is 10.9. The summed E-state index contributed by atoms with van der Waals surface area (Å²) in [6, 6.07) is 13.5. The van der Waals surface area contributed by atoms with Crippen LogP contribution >= 0.6 is 23.2 Å². The Bertz CT molecular complexity index is 647. The lowest BCUT2D eigenvalue weighted by molar-refractivity contribution is 0.129. The van der Waals surface area contributed by atoms with E-state index in [0.29, 0.717) is 16.7 Å². The highest BCUT2D eigenvalue weighted by Crippen LogP contribution is 2.22. The number of benzene rings is 2. The Morgan fingerprint density at radius 1 is 0.962 bits per heavy atom. The summed E-state index contributed by atoms with van der Waals surface area (Å²) in [5.74, 6) is 0.823. The number of nitrogens with one attached hydrogen (secondary N) is 1. The lowest BCUT2D eigenvalue weighted by Gasteiger charge is -2.09. The van der Waals surface area contributed by atoms with Crippen molar-refractivity contribution in [2.45, 2.75) is 39.3 Å². The fraction of sp³-hybridized carbons (Fsp3) is 0.429. The highest BCUT2D eigenvalue weighted by molar-refractivity contribution is 6.35. The van der Waals surface area contributed by atoms with Crippen molar-refractivity contribution in [3.8, 4) is 5.75 Å². The molecular formula is C21H27Cl2NO2. The predicted molar refractivity (Wildman–Crippen MR) is 109 cm³/mol. The highest BCUT2D eigenvalue weighted by atomic mass is 35.5. The average molecular weight is 396 g/mol. The van der Waals surface area contributed by atoms with Gasteiger partial charge in [-0.1, -0.05) is 54.7 Å². The van der Waals surface area contributed by atoms with Gasteiger partial charge >= 0.3 is 0 Å². The molecule has 142 valence electrons. The van der Waals surface area contributed by atoms with Crippen molar-refractivity contribution in [1.29, 1.82) is 0 Å². The highest BCUT2D eigenvalue weighted by Gasteiger charge is 2.03. The quantitative estimate of drug-likeness (QED) is 0.455. The van der Waals surface area contributed by atoms with Crippen molar-refractivity contribution >= 4 is 23.2 Å². The van der Waals surface area contributed by atoms with Crippen LogP contribution in [0.2, 0.25) is 10.0 Å². The van der Waals surface area contributed by atoms with Crippen LogP contribution in [0.1, 0.15) is 37.3 Å². The van der Waals surface area contributed by atoms with Crippen LogP contribution < -0.4 is 10.1 Å². The van der Waals surface area contributed by atoms with Crippen molar-refractivity contribution in [3.63, 3.8) is 0 Å². The number of ether oxygens (including phenoxy) is 2. The summed E-state index contributed by atoms with van der Waals surface area (Å²) in [5, 5.41) is 4.68. The van der Waals surface area contributed by atoms with E-state index >= 15 is 0 Å². The molecule has 3 nitrogen and oxygen atoms in total. The largest absolute Gasteiger partial charge is 0.489 e. The third-order valence-electron chi connectivity index (χ3n) is 3.95. The van der Waals surface area contributed by atoms with Crippen molar-refractivity contribution in [2.24, 2.45) is 0 Å². The van der Waals surface area contributed by atoms with E-state index in [-0.39, 0.29) is 0 Å². The Balaban J connectivity index is 1.64. The topological polar surface area (TPSA) is 30.5 Å². The van der Waals surface area contributed by atoms with E-state index in [1.54, 1.807) is 6.07 Å². The van der Waals surface area contributed by atoms with E-state index in [4.69, 9.17) is 32.7 Å². The summed E-state index contributed by atoms with van der Waals surface area (Å²) in [6.07, 6.45) is 3.36. The minimum absolute atomic E-state index is 0.422. The van der Waals surface area contributed by atoms with Crippen LogP contribution in [0.25, 0.3) is 0 Å². The first-order chi connectivity index (χ1) is 12.7. The smallest absolute Gasteiger partial charge is 0.119 e. The first-order valence-corrected chi connectivity index (χ1v) is 9.88. The van der Waals surface area contributed by atoms with Crippen LogP contribution in [0.4, 0.5) is 0 Å². The first kappa shape index (κ1) is 21.0. The molecule has 0 aliphatic rings. The molecule has 0 aliphatic carbocycles. The molecule has 0 atom stereocenters. The number of halogens is 2. The number of hydrogen-bond donors (Lipinski definition) is 1. The van der Waals surface area contributed by atoms with Crippen molar-refractivity contribution in [2.75, 3.05) is 19.8 Å². The van der Waals surface area contributed by atoms with E-state index in [1.165, 1.54) is 12.0 Å². The Hall–Kier alpha value is -1.26. The SMILES string of the molecule is CCCCOCCCNCc1ccc(OCc2ccc(Cl)cc2Cl)cc1. The summed E-state index contributed by atoms with van der Waals surface area (Å²) >= 11 is 12.1. The third-order valence-corrected chi connectivity index (χ3v) is 4.53. The first-order valence-electron chi connectivity index (χ1n) is 9.13. The second-order valence-electron chi connectivity index (χ2n) is 6.16. The van der Waals surface area contributed by atoms with Gasteiger partial charge in [-0.3, -0.25) is 0 Å². The molecule has 26 heavy (non-hydrogen) atoms. The van der Waals surface area contributed by atoms with Gasteiger partial charge in [0.05, 0.1) is 0 Å². The molecule has 0 bridgehead atoms. The summed E-state index contributed by atoms with van der Waals surface area (Å²) in [4.78, 5) is 0. The van der Waals surface area contributed by atoms with Gasteiger partial charge in [0.25, 0.3) is 0 Å². The number of hydrogen-bond acceptors (Lipinski definition) is 3. The molecule has 1 N–H and O–H groups in total. The molecule has 2 aromatic rings. The minimum atomic E-state index is 0.422. The van der Waals surface area contributed by atoms with Crippen molar-refractivity contribution < 1.29 is 9.47 Å². The van der Waals surface area contributed by atoms with Gasteiger partial charge in [-0.2, -0.15) is 0 Å². The second-order valence-corrected chi connectivity index (χ2v) is 7.01. The molecule has 0 radical (unpaired) electrons. The molecule has 2 aromatic carbocycles. The summed E-state index contributed by atoms with van der Waals surface area (Å²) in [5.41, 5.74) is 2.15. The van der Waals surface area contributed by atoms with E-state index in [9.17, 15) is 0 Å². The standard InChI is InChI=1S/C21H27Cl2NO2/c1-2-3-12-25-13-4-11-24-15-17-5-9-20(10-6-17)26-16-18-7-8-19(22)14-21(18)23/h5-10,14,24H,2-4,11-13,15-16H2,1H3. The molecule has 0 saturated heterocycles. The molecule has 0 amide bonds. The molecule has 0 aromatic heterocycles. The minimum Gasteiger partial charge on any atom is -0.489 e. The number of rotatable bonds is 12. The molecule has 0 unspecified atom stereocenters. The Labute approximate surface area is 166 Å². The van der Waals surface area contributed by atoms with Crippen LogP contribution in [0.15, 0.2) is 42.5 Å². The number of unbranched alkanes of at least 4 members (excludes halogenated alkanes) is 1. The summed E-state index contributed by atoms with van der Waals surface area (Å²) in [7, 11) is 0. The van der Waals surface area contributed by atoms with Gasteiger partial charge in [0.2, 0.25) is 0 Å². The van der Waals surface area contributed by atoms with Gasteiger partial charge in [0.1, 0.15) is 12.4 Å². The molecule has 5 heteroatoms. The fourth-order valence-electron chi connectivity index (χ4n) is 2.38. The van der Waals surface area contributed by atoms with Crippen molar-refractivity contribution in [1.82, 2.24) is 5.32 Å². The van der Waals surface area contributed by atoms with Crippen LogP contribution in [0.5, 0.6) is 5.75 Å². The maximum atomic E-state index is 6.16. The van der Waals surface area contributed by atoms with Crippen molar-refractivity contribution in [3.05, 3.63) is 63.6 Å². The molecule has 0 saturated carbocycles. The molecule has 0 spiro atoms. The maximum absolute atomic E-state index is 6.16. The van der Waals surface area contributed by atoms with E-state index in [0.717, 1.165) is 50.5 Å². The summed E-state index contributed by atoms with van der Waals surface area (Å²) in [6.45, 7) is 6.10. The molecule has 0 aliphatic heterocycles. The van der Waals surface area contributed by atoms with Crippen LogP contribution in [-0.4, -0.2) is 19.8 Å². The van der Waals surface area contributed by atoms with Gasteiger partial charge in [0.15, 0.2) is 0 Å². The van der Waals surface area contributed by atoms with Gasteiger partial charge in [0, 0.05) is 35.4 Å². The zero-order valence-electron chi connectivity index (χ0n) is 15.3. The third kappa shape index (κ3) is 7.96. The molecule has 2 rings (SSSR count). The Morgan fingerprint density at radius 2 is 1.73 bits per heavy atom. The summed E-state index contributed by atoms with van der Waals surface area (Å²) < 4.78 is 11.3. The van der Waals surface area contributed by atoms with Gasteiger partial charge < -0.3 is 14.8 Å². The van der Waals surface area contributed by atoms with Gasteiger partial charge in [-0.05, 0) is 49.2 Å². The average Bonchev–Trinajstić information content (AvgIpc) is 2.64. The van der Waals surface area contributed by atoms with Crippen LogP contribution in [0.3, 0.4) is 0 Å². The second kappa shape index (κ2) is 12.2. The zero-order chi connectivity index (χ0) is 18.6.